The van der Waals surface area contributed by atoms with Crippen molar-refractivity contribution in [3.63, 3.8) is 0 Å². The number of hydrogen-bond donors (Lipinski definition) is 0. The van der Waals surface area contributed by atoms with Crippen molar-refractivity contribution in [1.82, 2.24) is 9.78 Å². The predicted octanol–water partition coefficient (Wildman–Crippen LogP) is 2.18. The molecule has 0 saturated heterocycles. The van der Waals surface area contributed by atoms with Crippen LogP contribution in [0, 0.1) is 18.3 Å². The van der Waals surface area contributed by atoms with Gasteiger partial charge in [0.05, 0.1) is 17.3 Å². The fourth-order valence-corrected chi connectivity index (χ4v) is 1.95. The molecule has 1 aliphatic rings. The summed E-state index contributed by atoms with van der Waals surface area (Å²) in [6.45, 7) is 1.89. The topological polar surface area (TPSA) is 41.6 Å². The Labute approximate surface area is 78.0 Å². The highest BCUT2D eigenvalue weighted by Gasteiger charge is 2.18. The highest BCUT2D eigenvalue weighted by atomic mass is 15.3. The van der Waals surface area contributed by atoms with Crippen molar-refractivity contribution in [3.05, 3.63) is 17.5 Å². The molecule has 0 aromatic carbocycles. The third-order valence-electron chi connectivity index (χ3n) is 2.74. The summed E-state index contributed by atoms with van der Waals surface area (Å²) < 4.78 is 1.97. The van der Waals surface area contributed by atoms with Gasteiger partial charge in [-0.2, -0.15) is 10.4 Å². The maximum absolute atomic E-state index is 8.77. The Balaban J connectivity index is 2.26. The van der Waals surface area contributed by atoms with E-state index >= 15 is 0 Å². The lowest BCUT2D eigenvalue weighted by Crippen LogP contribution is -2.04. The molecule has 0 aliphatic heterocycles. The molecule has 13 heavy (non-hydrogen) atoms. The molecule has 1 aromatic rings. The van der Waals surface area contributed by atoms with E-state index in [-0.39, 0.29) is 0 Å². The Kier molecular flexibility index (Phi) is 2.05. The minimum absolute atomic E-state index is 0.542. The van der Waals surface area contributed by atoms with Crippen LogP contribution in [0.1, 0.15) is 43.0 Å². The molecule has 1 fully saturated rings. The normalized spacial score (nSPS) is 17.5. The molecule has 3 heteroatoms. The molecular weight excluding hydrogens is 162 g/mol. The van der Waals surface area contributed by atoms with Crippen molar-refractivity contribution in [1.29, 1.82) is 5.26 Å². The molecule has 0 bridgehead atoms. The number of hydrogen-bond acceptors (Lipinski definition) is 2. The second-order valence-corrected chi connectivity index (χ2v) is 3.66. The number of nitriles is 1. The van der Waals surface area contributed by atoms with Crippen LogP contribution < -0.4 is 0 Å². The smallest absolute Gasteiger partial charge is 0.103 e. The summed E-state index contributed by atoms with van der Waals surface area (Å²) in [4.78, 5) is 0. The van der Waals surface area contributed by atoms with Gasteiger partial charge in [0.25, 0.3) is 0 Å². The molecule has 3 nitrogen and oxygen atoms in total. The number of aryl methyl sites for hydroxylation is 1. The van der Waals surface area contributed by atoms with Gasteiger partial charge >= 0.3 is 0 Å². The van der Waals surface area contributed by atoms with Crippen molar-refractivity contribution in [2.45, 2.75) is 38.6 Å². The summed E-state index contributed by atoms with van der Waals surface area (Å²) in [5, 5.41) is 13.1. The Hall–Kier alpha value is -1.30. The first-order valence-electron chi connectivity index (χ1n) is 4.77. The molecule has 1 saturated carbocycles. The summed E-state index contributed by atoms with van der Waals surface area (Å²) in [6, 6.07) is 2.70. The van der Waals surface area contributed by atoms with E-state index in [1.165, 1.54) is 25.7 Å². The molecule has 0 N–H and O–H groups in total. The highest BCUT2D eigenvalue weighted by Crippen LogP contribution is 2.29. The van der Waals surface area contributed by atoms with Crippen LogP contribution >= 0.6 is 0 Å². The van der Waals surface area contributed by atoms with Gasteiger partial charge in [0.15, 0.2) is 0 Å². The zero-order valence-corrected chi connectivity index (χ0v) is 7.82. The van der Waals surface area contributed by atoms with Gasteiger partial charge in [0.2, 0.25) is 0 Å². The van der Waals surface area contributed by atoms with Gasteiger partial charge in [-0.3, -0.25) is 4.68 Å². The number of aromatic nitrogens is 2. The van der Waals surface area contributed by atoms with E-state index in [9.17, 15) is 0 Å². The molecule has 0 atom stereocenters. The lowest BCUT2D eigenvalue weighted by molar-refractivity contribution is 0.464. The molecular formula is C10H13N3. The first kappa shape index (κ1) is 8.31. The van der Waals surface area contributed by atoms with Gasteiger partial charge in [-0.25, -0.2) is 0 Å². The van der Waals surface area contributed by atoms with Gasteiger partial charge in [-0.15, -0.1) is 0 Å². The summed E-state index contributed by atoms with van der Waals surface area (Å²) in [5.74, 6) is 0. The first-order chi connectivity index (χ1) is 6.31. The van der Waals surface area contributed by atoms with E-state index < -0.39 is 0 Å². The quantitative estimate of drug-likeness (QED) is 0.656. The lowest BCUT2D eigenvalue weighted by atomic mass is 10.2. The molecule has 0 spiro atoms. The molecule has 1 aromatic heterocycles. The minimum Gasteiger partial charge on any atom is -0.268 e. The van der Waals surface area contributed by atoms with Gasteiger partial charge in [-0.1, -0.05) is 12.8 Å². The average Bonchev–Trinajstić information content (AvgIpc) is 2.71. The monoisotopic (exact) mass is 175 g/mol. The van der Waals surface area contributed by atoms with Crippen molar-refractivity contribution >= 4 is 0 Å². The van der Waals surface area contributed by atoms with Gasteiger partial charge < -0.3 is 0 Å². The highest BCUT2D eigenvalue weighted by molar-refractivity contribution is 5.29. The van der Waals surface area contributed by atoms with E-state index in [1.807, 2.05) is 17.8 Å². The summed E-state index contributed by atoms with van der Waals surface area (Å²) in [5.41, 5.74) is 1.57. The summed E-state index contributed by atoms with van der Waals surface area (Å²) >= 11 is 0. The fraction of sp³-hybridized carbons (Fsp3) is 0.600. The molecule has 0 amide bonds. The Morgan fingerprint density at radius 2 is 2.23 bits per heavy atom. The molecule has 1 heterocycles. The standard InChI is InChI=1S/C10H13N3/c1-8-9(6-11)7-13(12-8)10-4-2-3-5-10/h7,10H,2-5H2,1H3. The Bertz CT molecular complexity index is 340. The predicted molar refractivity (Wildman–Crippen MR) is 49.2 cm³/mol. The van der Waals surface area contributed by atoms with E-state index in [2.05, 4.69) is 11.2 Å². The van der Waals surface area contributed by atoms with Crippen LogP contribution in [0.5, 0.6) is 0 Å². The Morgan fingerprint density at radius 3 is 2.77 bits per heavy atom. The van der Waals surface area contributed by atoms with Crippen LogP contribution in [0.4, 0.5) is 0 Å². The lowest BCUT2D eigenvalue weighted by Gasteiger charge is -2.08. The van der Waals surface area contributed by atoms with Crippen LogP contribution in [-0.4, -0.2) is 9.78 Å². The second kappa shape index (κ2) is 3.21. The van der Waals surface area contributed by atoms with E-state index in [0.717, 1.165) is 5.69 Å². The van der Waals surface area contributed by atoms with Gasteiger partial charge in [0.1, 0.15) is 6.07 Å². The fourth-order valence-electron chi connectivity index (χ4n) is 1.95. The van der Waals surface area contributed by atoms with Crippen LogP contribution in [-0.2, 0) is 0 Å². The van der Waals surface area contributed by atoms with Gasteiger partial charge in [0, 0.05) is 6.20 Å². The molecule has 0 unspecified atom stereocenters. The average molecular weight is 175 g/mol. The van der Waals surface area contributed by atoms with Crippen molar-refractivity contribution in [3.8, 4) is 6.07 Å². The van der Waals surface area contributed by atoms with Crippen LogP contribution in [0.15, 0.2) is 6.20 Å². The second-order valence-electron chi connectivity index (χ2n) is 3.66. The minimum atomic E-state index is 0.542. The summed E-state index contributed by atoms with van der Waals surface area (Å²) in [7, 11) is 0. The number of nitrogens with zero attached hydrogens (tertiary/aromatic N) is 3. The molecule has 68 valence electrons. The van der Waals surface area contributed by atoms with Crippen LogP contribution in [0.3, 0.4) is 0 Å². The maximum Gasteiger partial charge on any atom is 0.103 e. The van der Waals surface area contributed by atoms with Crippen molar-refractivity contribution in [2.24, 2.45) is 0 Å². The largest absolute Gasteiger partial charge is 0.268 e. The maximum atomic E-state index is 8.77. The summed E-state index contributed by atoms with van der Waals surface area (Å²) in [6.07, 6.45) is 6.90. The Morgan fingerprint density at radius 1 is 1.54 bits per heavy atom. The van der Waals surface area contributed by atoms with E-state index in [4.69, 9.17) is 5.26 Å². The SMILES string of the molecule is Cc1nn(C2CCCC2)cc1C#N. The first-order valence-corrected chi connectivity index (χ1v) is 4.77. The van der Waals surface area contributed by atoms with E-state index in [0.29, 0.717) is 11.6 Å². The molecule has 2 rings (SSSR count). The third-order valence-corrected chi connectivity index (χ3v) is 2.74. The third kappa shape index (κ3) is 1.44. The zero-order chi connectivity index (χ0) is 9.26. The molecule has 0 radical (unpaired) electrons. The van der Waals surface area contributed by atoms with Crippen LogP contribution in [0.2, 0.25) is 0 Å². The van der Waals surface area contributed by atoms with Crippen LogP contribution in [0.25, 0.3) is 0 Å². The zero-order valence-electron chi connectivity index (χ0n) is 7.82. The van der Waals surface area contributed by atoms with Crippen molar-refractivity contribution in [2.75, 3.05) is 0 Å². The number of rotatable bonds is 1. The molecule has 1 aliphatic carbocycles. The van der Waals surface area contributed by atoms with Crippen molar-refractivity contribution < 1.29 is 0 Å². The van der Waals surface area contributed by atoms with Gasteiger partial charge in [-0.05, 0) is 19.8 Å². The van der Waals surface area contributed by atoms with E-state index in [1.54, 1.807) is 0 Å².